The molecule has 1 fully saturated rings. The number of nitrogens with zero attached hydrogens (tertiary/aromatic N) is 4. The summed E-state index contributed by atoms with van der Waals surface area (Å²) < 4.78 is 0. The van der Waals surface area contributed by atoms with Crippen molar-refractivity contribution in [3.63, 3.8) is 0 Å². The number of amides is 2. The third kappa shape index (κ3) is 8.37. The summed E-state index contributed by atoms with van der Waals surface area (Å²) in [5, 5.41) is 33.5. The second kappa shape index (κ2) is 15.6. The molecule has 2 aliphatic heterocycles. The van der Waals surface area contributed by atoms with Crippen LogP contribution in [0, 0.1) is 0 Å². The Balaban J connectivity index is 0.991. The fourth-order valence-electron chi connectivity index (χ4n) is 5.13. The molecule has 0 saturated carbocycles. The van der Waals surface area contributed by atoms with Gasteiger partial charge in [-0.2, -0.15) is 11.8 Å². The molecule has 5 atom stereocenters. The first-order valence-corrected chi connectivity index (χ1v) is 18.7. The maximum absolute atomic E-state index is 13.2. The number of thioether (sulfide) groups is 4. The highest BCUT2D eigenvalue weighted by molar-refractivity contribution is 8.02. The lowest BCUT2D eigenvalue weighted by Crippen LogP contribution is -2.32. The molecule has 240 valence electrons. The van der Waals surface area contributed by atoms with Gasteiger partial charge in [0.25, 0.3) is 5.91 Å². The molecule has 3 aliphatic rings. The minimum absolute atomic E-state index is 0.125. The first kappa shape index (κ1) is 32.7. The summed E-state index contributed by atoms with van der Waals surface area (Å²) in [6.45, 7) is 3.82. The van der Waals surface area contributed by atoms with Crippen LogP contribution in [0.25, 0.3) is 0 Å². The number of hydrogen-bond acceptors (Lipinski definition) is 11. The fraction of sp³-hybridized carbons (Fsp3) is 0.355. The summed E-state index contributed by atoms with van der Waals surface area (Å²) in [6.07, 6.45) is 12.6. The van der Waals surface area contributed by atoms with E-state index in [1.807, 2.05) is 54.3 Å². The minimum atomic E-state index is -1.31. The number of allylic oxidation sites excluding steroid dienone is 6. The number of hydrogen-bond donors (Lipinski definition) is 5. The Morgan fingerprint density at radius 1 is 1.07 bits per heavy atom. The van der Waals surface area contributed by atoms with Gasteiger partial charge in [-0.3, -0.25) is 19.8 Å². The smallest absolute Gasteiger partial charge is 0.263 e. The number of nitrogens with one attached hydrogen (secondary N) is 4. The van der Waals surface area contributed by atoms with E-state index in [9.17, 15) is 14.7 Å². The van der Waals surface area contributed by atoms with Crippen molar-refractivity contribution in [2.45, 2.75) is 63.8 Å². The Morgan fingerprint density at radius 3 is 2.59 bits per heavy atom. The van der Waals surface area contributed by atoms with Crippen LogP contribution in [0.4, 0.5) is 5.69 Å². The van der Waals surface area contributed by atoms with Gasteiger partial charge in [0, 0.05) is 40.0 Å². The Bertz CT molecular complexity index is 1640. The van der Waals surface area contributed by atoms with Crippen LogP contribution in [0.5, 0.6) is 0 Å². The highest BCUT2D eigenvalue weighted by Gasteiger charge is 2.31. The number of aliphatic hydroxyl groups is 1. The molecule has 0 radical (unpaired) electrons. The van der Waals surface area contributed by atoms with Crippen LogP contribution in [0.3, 0.4) is 0 Å². The van der Waals surface area contributed by atoms with E-state index in [1.54, 1.807) is 17.8 Å². The maximum Gasteiger partial charge on any atom is 0.263 e. The van der Waals surface area contributed by atoms with Gasteiger partial charge in [-0.25, -0.2) is 9.97 Å². The molecule has 0 bridgehead atoms. The molecule has 5 unspecified atom stereocenters. The monoisotopic (exact) mass is 694 g/mol. The van der Waals surface area contributed by atoms with E-state index in [0.717, 1.165) is 65.6 Å². The van der Waals surface area contributed by atoms with Crippen molar-refractivity contribution >= 4 is 64.5 Å². The topological polar surface area (TPSA) is 162 Å². The van der Waals surface area contributed by atoms with E-state index in [-0.39, 0.29) is 23.0 Å². The van der Waals surface area contributed by atoms with E-state index >= 15 is 0 Å². The summed E-state index contributed by atoms with van der Waals surface area (Å²) in [5.41, 5.74) is 1.38. The summed E-state index contributed by atoms with van der Waals surface area (Å²) >= 11 is 5.84. The zero-order chi connectivity index (χ0) is 31.9. The number of carbonyl (C=O) groups is 2. The average molecular weight is 695 g/mol. The van der Waals surface area contributed by atoms with Crippen LogP contribution in [-0.2, 0) is 9.59 Å². The van der Waals surface area contributed by atoms with Gasteiger partial charge in [-0.15, -0.1) is 28.5 Å². The van der Waals surface area contributed by atoms with Crippen LogP contribution in [0.15, 0.2) is 82.6 Å². The Hall–Kier alpha value is -3.24. The second-order valence-corrected chi connectivity index (χ2v) is 15.3. The van der Waals surface area contributed by atoms with Crippen LogP contribution in [-0.4, -0.2) is 69.5 Å². The Labute approximate surface area is 283 Å². The summed E-state index contributed by atoms with van der Waals surface area (Å²) in [6, 6.07) is 7.96. The lowest BCUT2D eigenvalue weighted by Gasteiger charge is -2.14. The quantitative estimate of drug-likeness (QED) is 0.0853. The Kier molecular flexibility index (Phi) is 11.1. The highest BCUT2D eigenvalue weighted by Crippen LogP contribution is 2.46. The average Bonchev–Trinajstić information content (AvgIpc) is 3.89. The van der Waals surface area contributed by atoms with Gasteiger partial charge >= 0.3 is 0 Å². The number of carbonyl (C=O) groups excluding carboxylic acids is 2. The molecule has 4 heterocycles. The van der Waals surface area contributed by atoms with Crippen LogP contribution in [0.1, 0.15) is 60.0 Å². The molecule has 2 amide bonds. The molecule has 1 aromatic carbocycles. The van der Waals surface area contributed by atoms with Crippen LogP contribution < -0.4 is 10.6 Å². The molecule has 11 nitrogen and oxygen atoms in total. The lowest BCUT2D eigenvalue weighted by atomic mass is 10.0. The van der Waals surface area contributed by atoms with Crippen molar-refractivity contribution < 1.29 is 14.7 Å². The molecule has 6 rings (SSSR count). The third-order valence-corrected chi connectivity index (χ3v) is 11.9. The molecule has 5 N–H and O–H groups in total. The van der Waals surface area contributed by atoms with E-state index in [4.69, 9.17) is 0 Å². The molecule has 0 spiro atoms. The van der Waals surface area contributed by atoms with Gasteiger partial charge in [-0.1, -0.05) is 48.2 Å². The first-order valence-electron chi connectivity index (χ1n) is 14.9. The van der Waals surface area contributed by atoms with E-state index in [1.165, 1.54) is 17.3 Å². The molecule has 1 aliphatic carbocycles. The van der Waals surface area contributed by atoms with Crippen molar-refractivity contribution in [1.82, 2.24) is 35.7 Å². The number of H-pyrrole nitrogens is 2. The zero-order valence-corrected chi connectivity index (χ0v) is 28.1. The van der Waals surface area contributed by atoms with Crippen LogP contribution in [0.2, 0.25) is 0 Å². The molecular weight excluding hydrogens is 661 g/mol. The summed E-state index contributed by atoms with van der Waals surface area (Å²) in [7, 11) is 0. The fourth-order valence-corrected chi connectivity index (χ4v) is 9.01. The summed E-state index contributed by atoms with van der Waals surface area (Å²) in [5.74, 6) is 3.15. The first-order chi connectivity index (χ1) is 22.4. The van der Waals surface area contributed by atoms with Gasteiger partial charge in [0.15, 0.2) is 5.44 Å². The predicted octanol–water partition coefficient (Wildman–Crippen LogP) is 5.66. The number of benzene rings is 1. The van der Waals surface area contributed by atoms with Crippen molar-refractivity contribution in [3.05, 3.63) is 89.5 Å². The van der Waals surface area contributed by atoms with Gasteiger partial charge in [0.05, 0.1) is 5.25 Å². The van der Waals surface area contributed by atoms with Crippen molar-refractivity contribution in [3.8, 4) is 0 Å². The van der Waals surface area contributed by atoms with Crippen molar-refractivity contribution in [2.75, 3.05) is 16.8 Å². The number of aromatic amines is 2. The van der Waals surface area contributed by atoms with Crippen molar-refractivity contribution in [1.29, 1.82) is 0 Å². The molecule has 15 heteroatoms. The minimum Gasteiger partial charge on any atom is -0.373 e. The molecule has 2 aromatic heterocycles. The molecule has 3 aromatic rings. The normalized spacial score (nSPS) is 21.9. The van der Waals surface area contributed by atoms with Crippen LogP contribution >= 0.6 is 47.0 Å². The van der Waals surface area contributed by atoms with Gasteiger partial charge in [-0.05, 0) is 66.6 Å². The zero-order valence-electron chi connectivity index (χ0n) is 24.8. The van der Waals surface area contributed by atoms with Crippen molar-refractivity contribution in [2.24, 2.45) is 0 Å². The van der Waals surface area contributed by atoms with E-state index < -0.39 is 16.6 Å². The number of aliphatic hydroxyl groups excluding tert-OH is 1. The molecular formula is C31H34N8O3S4. The van der Waals surface area contributed by atoms with Gasteiger partial charge in [0.1, 0.15) is 11.6 Å². The lowest BCUT2D eigenvalue weighted by molar-refractivity contribution is -0.124. The molecule has 1 saturated heterocycles. The third-order valence-electron chi connectivity index (χ3n) is 7.59. The van der Waals surface area contributed by atoms with Gasteiger partial charge < -0.3 is 15.7 Å². The maximum atomic E-state index is 13.2. The number of aromatic nitrogens is 6. The number of anilines is 1. The largest absolute Gasteiger partial charge is 0.373 e. The summed E-state index contributed by atoms with van der Waals surface area (Å²) in [4.78, 5) is 34.7. The molecule has 46 heavy (non-hydrogen) atoms. The SMILES string of the molecule is C=CCC(Sc1n[nH]c(C2C=CSC2)n1)C(=O)Nc1ccc(C2CC(c3nc(SC(O)C(=O)NC4=CC=CCC4)n[nH]3)CS2)cc1. The predicted molar refractivity (Wildman–Crippen MR) is 186 cm³/mol. The number of rotatable bonds is 13. The van der Waals surface area contributed by atoms with Gasteiger partial charge in [0.2, 0.25) is 16.2 Å². The van der Waals surface area contributed by atoms with E-state index in [0.29, 0.717) is 16.7 Å². The standard InChI is InChI=1S/C31H34N8O3S4/c1-2-6-23(45-30-34-25(36-38-30)19-13-14-43-16-19)27(40)32-22-11-9-18(10-12-22)24-15-20(17-44-24)26-35-31(39-37-26)46-29(42)28(41)33-21-7-4-3-5-8-21/h2-4,7,9-14,19-20,23-24,29,42H,1,5-6,8,15-17H2,(H,32,40)(H,33,41)(H,34,36,38)(H,35,37,39). The Morgan fingerprint density at radius 2 is 1.85 bits per heavy atom. The second-order valence-electron chi connectivity index (χ2n) is 10.9. The highest BCUT2D eigenvalue weighted by atomic mass is 32.2. The van der Waals surface area contributed by atoms with E-state index in [2.05, 4.69) is 59.1 Å².